The molecule has 0 spiro atoms. The van der Waals surface area contributed by atoms with Crippen LogP contribution >= 0.6 is 0 Å². The fraction of sp³-hybridized carbons (Fsp3) is 0.231. The van der Waals surface area contributed by atoms with Crippen LogP contribution in [0, 0.1) is 0 Å². The van der Waals surface area contributed by atoms with Crippen molar-refractivity contribution < 1.29 is 9.53 Å². The molecular weight excluding hydrogens is 386 g/mol. The normalized spacial score (nSPS) is 14.2. The summed E-state index contributed by atoms with van der Waals surface area (Å²) in [6, 6.07) is 22.5. The minimum Gasteiger partial charge on any atom is -0.378 e. The highest BCUT2D eigenvalue weighted by atomic mass is 16.5. The molecule has 156 valence electrons. The summed E-state index contributed by atoms with van der Waals surface area (Å²) in [5.74, 6) is -0.0216. The monoisotopic (exact) mass is 411 g/mol. The molecule has 1 saturated heterocycles. The lowest BCUT2D eigenvalue weighted by Gasteiger charge is -2.29. The van der Waals surface area contributed by atoms with Crippen LogP contribution in [0.5, 0.6) is 0 Å². The van der Waals surface area contributed by atoms with Crippen LogP contribution in [0.2, 0.25) is 0 Å². The number of rotatable bonds is 4. The van der Waals surface area contributed by atoms with Gasteiger partial charge in [0.15, 0.2) is 0 Å². The van der Waals surface area contributed by atoms with Crippen LogP contribution in [0.25, 0.3) is 21.7 Å². The first kappa shape index (κ1) is 19.5. The number of carbonyl (C=O) groups is 1. The minimum absolute atomic E-state index is 0.0216. The van der Waals surface area contributed by atoms with Crippen LogP contribution in [0.15, 0.2) is 72.9 Å². The molecule has 0 N–H and O–H groups in total. The number of benzene rings is 3. The Labute approximate surface area is 181 Å². The number of hydrogen-bond acceptors (Lipinski definition) is 4. The molecule has 1 amide bonds. The van der Waals surface area contributed by atoms with Crippen molar-refractivity contribution in [2.75, 3.05) is 38.3 Å². The number of pyridine rings is 1. The maximum Gasteiger partial charge on any atom is 0.256 e. The number of carbonyl (C=O) groups excluding carboxylic acids is 1. The van der Waals surface area contributed by atoms with Gasteiger partial charge in [-0.2, -0.15) is 0 Å². The third-order valence-corrected chi connectivity index (χ3v) is 5.92. The average Bonchev–Trinajstić information content (AvgIpc) is 2.84. The fourth-order valence-corrected chi connectivity index (χ4v) is 4.28. The van der Waals surface area contributed by atoms with E-state index < -0.39 is 0 Å². The Morgan fingerprint density at radius 2 is 1.74 bits per heavy atom. The maximum absolute atomic E-state index is 13.4. The molecule has 4 aromatic rings. The molecule has 0 bridgehead atoms. The van der Waals surface area contributed by atoms with Crippen molar-refractivity contribution in [2.24, 2.45) is 0 Å². The molecule has 0 unspecified atom stereocenters. The van der Waals surface area contributed by atoms with Gasteiger partial charge in [-0.1, -0.05) is 42.5 Å². The van der Waals surface area contributed by atoms with Gasteiger partial charge in [0.25, 0.3) is 5.91 Å². The summed E-state index contributed by atoms with van der Waals surface area (Å²) in [6.45, 7) is 3.92. The summed E-state index contributed by atoms with van der Waals surface area (Å²) in [5.41, 5.74) is 3.69. The van der Waals surface area contributed by atoms with Crippen LogP contribution in [-0.4, -0.2) is 49.1 Å². The number of hydrogen-bond donors (Lipinski definition) is 0. The lowest BCUT2D eigenvalue weighted by Crippen LogP contribution is -2.36. The highest BCUT2D eigenvalue weighted by Gasteiger charge is 2.18. The van der Waals surface area contributed by atoms with Crippen LogP contribution in [0.1, 0.15) is 15.9 Å². The highest BCUT2D eigenvalue weighted by molar-refractivity contribution is 6.15. The number of morpholine rings is 1. The second-order valence-electron chi connectivity index (χ2n) is 7.97. The zero-order valence-electron chi connectivity index (χ0n) is 17.6. The Balaban J connectivity index is 1.40. The Morgan fingerprint density at radius 3 is 2.55 bits per heavy atom. The van der Waals surface area contributed by atoms with Crippen molar-refractivity contribution in [3.05, 3.63) is 84.1 Å². The Hall–Kier alpha value is -3.44. The first-order valence-electron chi connectivity index (χ1n) is 10.6. The zero-order valence-corrected chi connectivity index (χ0v) is 17.6. The van der Waals surface area contributed by atoms with Crippen molar-refractivity contribution in [3.63, 3.8) is 0 Å². The predicted molar refractivity (Wildman–Crippen MR) is 125 cm³/mol. The van der Waals surface area contributed by atoms with E-state index in [0.717, 1.165) is 53.5 Å². The van der Waals surface area contributed by atoms with Crippen LogP contribution in [-0.2, 0) is 11.3 Å². The molecule has 5 rings (SSSR count). The third kappa shape index (κ3) is 3.84. The molecule has 31 heavy (non-hydrogen) atoms. The smallest absolute Gasteiger partial charge is 0.256 e. The summed E-state index contributed by atoms with van der Waals surface area (Å²) in [6.07, 6.45) is 1.75. The van der Waals surface area contributed by atoms with Crippen LogP contribution in [0.3, 0.4) is 0 Å². The molecular formula is C26H25N3O2. The number of fused-ring (bicyclic) bond motifs is 3. The summed E-state index contributed by atoms with van der Waals surface area (Å²) >= 11 is 0. The first-order chi connectivity index (χ1) is 15.2. The van der Waals surface area contributed by atoms with Gasteiger partial charge in [0.05, 0.1) is 24.3 Å². The van der Waals surface area contributed by atoms with Gasteiger partial charge in [0.2, 0.25) is 0 Å². The van der Waals surface area contributed by atoms with Gasteiger partial charge >= 0.3 is 0 Å². The lowest BCUT2D eigenvalue weighted by atomic mass is 10.00. The van der Waals surface area contributed by atoms with Gasteiger partial charge in [0, 0.05) is 44.0 Å². The number of anilines is 1. The molecule has 1 fully saturated rings. The molecule has 1 aliphatic heterocycles. The van der Waals surface area contributed by atoms with E-state index in [4.69, 9.17) is 4.74 Å². The van der Waals surface area contributed by atoms with Gasteiger partial charge in [0.1, 0.15) is 0 Å². The minimum atomic E-state index is -0.0216. The molecule has 0 atom stereocenters. The summed E-state index contributed by atoms with van der Waals surface area (Å²) in [5, 5.41) is 3.17. The topological polar surface area (TPSA) is 45.7 Å². The Kier molecular flexibility index (Phi) is 5.26. The van der Waals surface area contributed by atoms with E-state index in [2.05, 4.69) is 40.2 Å². The molecule has 1 aliphatic rings. The second-order valence-corrected chi connectivity index (χ2v) is 7.97. The van der Waals surface area contributed by atoms with Gasteiger partial charge in [-0.25, -0.2) is 0 Å². The molecule has 1 aromatic heterocycles. The molecule has 0 radical (unpaired) electrons. The van der Waals surface area contributed by atoms with E-state index in [1.54, 1.807) is 11.1 Å². The van der Waals surface area contributed by atoms with Gasteiger partial charge in [-0.3, -0.25) is 9.78 Å². The predicted octanol–water partition coefficient (Wildman–Crippen LogP) is 4.50. The fourth-order valence-electron chi connectivity index (χ4n) is 4.28. The third-order valence-electron chi connectivity index (χ3n) is 5.92. The number of ether oxygens (including phenoxy) is 1. The molecule has 3 aromatic carbocycles. The second kappa shape index (κ2) is 8.36. The van der Waals surface area contributed by atoms with Crippen molar-refractivity contribution in [1.29, 1.82) is 0 Å². The van der Waals surface area contributed by atoms with E-state index in [9.17, 15) is 4.79 Å². The largest absolute Gasteiger partial charge is 0.378 e. The van der Waals surface area contributed by atoms with Gasteiger partial charge < -0.3 is 14.5 Å². The maximum atomic E-state index is 13.4. The quantitative estimate of drug-likeness (QED) is 0.464. The average molecular weight is 412 g/mol. The standard InChI is InChI=1S/C26H25N3O2/c1-28(18-19-8-10-21(11-9-19)29-13-15-31-16-14-29)26(30)24-17-20-5-2-3-6-22(20)23-7-4-12-27-25(23)24/h2-12,17H,13-16,18H2,1H3. The molecule has 0 aliphatic carbocycles. The zero-order chi connectivity index (χ0) is 21.2. The van der Waals surface area contributed by atoms with Crippen molar-refractivity contribution in [2.45, 2.75) is 6.54 Å². The van der Waals surface area contributed by atoms with Crippen LogP contribution < -0.4 is 4.90 Å². The summed E-state index contributed by atoms with van der Waals surface area (Å²) in [7, 11) is 1.85. The SMILES string of the molecule is CN(Cc1ccc(N2CCOCC2)cc1)C(=O)c1cc2ccccc2c2cccnc12. The van der Waals surface area contributed by atoms with Crippen molar-refractivity contribution in [1.82, 2.24) is 9.88 Å². The highest BCUT2D eigenvalue weighted by Crippen LogP contribution is 2.28. The number of nitrogens with zero attached hydrogens (tertiary/aromatic N) is 3. The van der Waals surface area contributed by atoms with E-state index >= 15 is 0 Å². The number of aromatic nitrogens is 1. The van der Waals surface area contributed by atoms with Gasteiger partial charge in [-0.05, 0) is 40.6 Å². The Morgan fingerprint density at radius 1 is 1.00 bits per heavy atom. The van der Waals surface area contributed by atoms with E-state index in [0.29, 0.717) is 12.1 Å². The molecule has 5 nitrogen and oxygen atoms in total. The van der Waals surface area contributed by atoms with Crippen LogP contribution in [0.4, 0.5) is 5.69 Å². The molecule has 0 saturated carbocycles. The van der Waals surface area contributed by atoms with E-state index in [-0.39, 0.29) is 5.91 Å². The van der Waals surface area contributed by atoms with Gasteiger partial charge in [-0.15, -0.1) is 0 Å². The number of amides is 1. The van der Waals surface area contributed by atoms with E-state index in [1.807, 2.05) is 43.4 Å². The lowest BCUT2D eigenvalue weighted by molar-refractivity contribution is 0.0787. The molecule has 5 heteroatoms. The van der Waals surface area contributed by atoms with Crippen molar-refractivity contribution in [3.8, 4) is 0 Å². The Bertz CT molecular complexity index is 1230. The van der Waals surface area contributed by atoms with E-state index in [1.165, 1.54) is 5.69 Å². The summed E-state index contributed by atoms with van der Waals surface area (Å²) in [4.78, 5) is 22.0. The first-order valence-corrected chi connectivity index (χ1v) is 10.6. The van der Waals surface area contributed by atoms with Crippen molar-refractivity contribution >= 4 is 33.3 Å². The summed E-state index contributed by atoms with van der Waals surface area (Å²) < 4.78 is 5.43. The molecule has 2 heterocycles.